The standard InChI is InChI=1S/C12H20N2O3S2/c1-4-5-9(2)8-19(16,17)14-12(15)6-11-7-18-10(3)13-11/h7,9H,4-6,8H2,1-3H3,(H,14,15)/t9-/m1/s1. The zero-order valence-corrected chi connectivity index (χ0v) is 13.1. The van der Waals surface area contributed by atoms with E-state index in [4.69, 9.17) is 0 Å². The second-order valence-electron chi connectivity index (χ2n) is 4.74. The lowest BCUT2D eigenvalue weighted by atomic mass is 10.1. The number of nitrogens with one attached hydrogen (secondary N) is 1. The van der Waals surface area contributed by atoms with Gasteiger partial charge in [-0.05, 0) is 19.3 Å². The highest BCUT2D eigenvalue weighted by molar-refractivity contribution is 7.90. The molecule has 0 bridgehead atoms. The lowest BCUT2D eigenvalue weighted by Crippen LogP contribution is -2.35. The van der Waals surface area contributed by atoms with Crippen LogP contribution in [0.5, 0.6) is 0 Å². The molecule has 1 N–H and O–H groups in total. The Labute approximate surface area is 118 Å². The number of aryl methyl sites for hydroxylation is 1. The van der Waals surface area contributed by atoms with Gasteiger partial charge in [0.2, 0.25) is 15.9 Å². The maximum Gasteiger partial charge on any atom is 0.239 e. The van der Waals surface area contributed by atoms with Gasteiger partial charge in [0.1, 0.15) is 0 Å². The number of aromatic nitrogens is 1. The van der Waals surface area contributed by atoms with Crippen LogP contribution in [0.15, 0.2) is 5.38 Å². The van der Waals surface area contributed by atoms with Crippen molar-refractivity contribution in [2.45, 2.75) is 40.0 Å². The van der Waals surface area contributed by atoms with Crippen LogP contribution in [-0.2, 0) is 21.2 Å². The Morgan fingerprint density at radius 2 is 2.21 bits per heavy atom. The molecule has 108 valence electrons. The van der Waals surface area contributed by atoms with Crippen LogP contribution in [0.1, 0.15) is 37.4 Å². The first-order valence-electron chi connectivity index (χ1n) is 6.26. The van der Waals surface area contributed by atoms with Crippen LogP contribution in [0.25, 0.3) is 0 Å². The molecule has 19 heavy (non-hydrogen) atoms. The largest absolute Gasteiger partial charge is 0.274 e. The monoisotopic (exact) mass is 304 g/mol. The Bertz CT molecular complexity index is 523. The molecular formula is C12H20N2O3S2. The molecule has 0 unspecified atom stereocenters. The summed E-state index contributed by atoms with van der Waals surface area (Å²) in [4.78, 5) is 15.8. The molecule has 1 amide bonds. The summed E-state index contributed by atoms with van der Waals surface area (Å²) in [5.74, 6) is -0.478. The molecular weight excluding hydrogens is 284 g/mol. The van der Waals surface area contributed by atoms with Gasteiger partial charge < -0.3 is 0 Å². The molecule has 1 heterocycles. The number of carbonyl (C=O) groups excluding carboxylic acids is 1. The van der Waals surface area contributed by atoms with Crippen LogP contribution in [0.4, 0.5) is 0 Å². The van der Waals surface area contributed by atoms with E-state index in [0.717, 1.165) is 17.8 Å². The first-order chi connectivity index (χ1) is 8.82. The summed E-state index contributed by atoms with van der Waals surface area (Å²) in [5, 5.41) is 2.63. The summed E-state index contributed by atoms with van der Waals surface area (Å²) in [7, 11) is -3.54. The van der Waals surface area contributed by atoms with E-state index in [9.17, 15) is 13.2 Å². The third-order valence-corrected chi connectivity index (χ3v) is 4.93. The lowest BCUT2D eigenvalue weighted by molar-refractivity contribution is -0.118. The van der Waals surface area contributed by atoms with E-state index in [1.807, 2.05) is 20.8 Å². The summed E-state index contributed by atoms with van der Waals surface area (Å²) in [6.07, 6.45) is 1.77. The molecule has 0 saturated carbocycles. The average Bonchev–Trinajstić information content (AvgIpc) is 2.61. The zero-order valence-electron chi connectivity index (χ0n) is 11.5. The summed E-state index contributed by atoms with van der Waals surface area (Å²) in [6, 6.07) is 0. The third kappa shape index (κ3) is 6.15. The predicted octanol–water partition coefficient (Wildman–Crippen LogP) is 1.88. The maximum atomic E-state index is 11.8. The Morgan fingerprint density at radius 1 is 1.53 bits per heavy atom. The van der Waals surface area contributed by atoms with Gasteiger partial charge in [0, 0.05) is 5.38 Å². The first kappa shape index (κ1) is 16.1. The van der Waals surface area contributed by atoms with E-state index in [2.05, 4.69) is 9.71 Å². The predicted molar refractivity (Wildman–Crippen MR) is 76.6 cm³/mol. The average molecular weight is 304 g/mol. The smallest absolute Gasteiger partial charge is 0.239 e. The van der Waals surface area contributed by atoms with Crippen molar-refractivity contribution in [3.8, 4) is 0 Å². The number of rotatable bonds is 7. The molecule has 0 saturated heterocycles. The molecule has 0 aromatic carbocycles. The SMILES string of the molecule is CCC[C@@H](C)CS(=O)(=O)NC(=O)Cc1csc(C)n1. The van der Waals surface area contributed by atoms with Gasteiger partial charge >= 0.3 is 0 Å². The fourth-order valence-electron chi connectivity index (χ4n) is 1.86. The molecule has 0 aliphatic heterocycles. The van der Waals surface area contributed by atoms with Gasteiger partial charge in [-0.25, -0.2) is 13.4 Å². The maximum absolute atomic E-state index is 11.8. The number of hydrogen-bond acceptors (Lipinski definition) is 5. The van der Waals surface area contributed by atoms with Gasteiger partial charge in [-0.15, -0.1) is 11.3 Å². The van der Waals surface area contributed by atoms with Crippen molar-refractivity contribution in [2.75, 3.05) is 5.75 Å². The Balaban J connectivity index is 2.51. The van der Waals surface area contributed by atoms with Crippen LogP contribution in [0.3, 0.4) is 0 Å². The molecule has 1 aromatic rings. The number of hydrogen-bond donors (Lipinski definition) is 1. The van der Waals surface area contributed by atoms with E-state index >= 15 is 0 Å². The zero-order chi connectivity index (χ0) is 14.5. The second kappa shape index (κ2) is 7.00. The van der Waals surface area contributed by atoms with Crippen LogP contribution in [-0.4, -0.2) is 25.1 Å². The van der Waals surface area contributed by atoms with Crippen molar-refractivity contribution in [3.05, 3.63) is 16.1 Å². The second-order valence-corrected chi connectivity index (χ2v) is 7.56. The topological polar surface area (TPSA) is 76.1 Å². The molecule has 1 aromatic heterocycles. The summed E-state index contributed by atoms with van der Waals surface area (Å²) < 4.78 is 25.6. The summed E-state index contributed by atoms with van der Waals surface area (Å²) in [5.41, 5.74) is 0.608. The molecule has 0 radical (unpaired) electrons. The van der Waals surface area contributed by atoms with Crippen molar-refractivity contribution >= 4 is 27.3 Å². The summed E-state index contributed by atoms with van der Waals surface area (Å²) >= 11 is 1.44. The Morgan fingerprint density at radius 3 is 2.74 bits per heavy atom. The molecule has 0 aliphatic carbocycles. The van der Waals surface area contributed by atoms with Crippen LogP contribution < -0.4 is 4.72 Å². The number of carbonyl (C=O) groups is 1. The normalized spacial score (nSPS) is 13.2. The minimum Gasteiger partial charge on any atom is -0.274 e. The molecule has 0 fully saturated rings. The lowest BCUT2D eigenvalue weighted by Gasteiger charge is -2.11. The number of thiazole rings is 1. The highest BCUT2D eigenvalue weighted by atomic mass is 32.2. The molecule has 5 nitrogen and oxygen atoms in total. The van der Waals surface area contributed by atoms with E-state index < -0.39 is 15.9 Å². The van der Waals surface area contributed by atoms with Crippen LogP contribution >= 0.6 is 11.3 Å². The van der Waals surface area contributed by atoms with Crippen molar-refractivity contribution in [1.82, 2.24) is 9.71 Å². The van der Waals surface area contributed by atoms with Crippen LogP contribution in [0, 0.1) is 12.8 Å². The third-order valence-electron chi connectivity index (χ3n) is 2.56. The Kier molecular flexibility index (Phi) is 5.93. The minimum absolute atomic E-state index is 0.00568. The van der Waals surface area contributed by atoms with E-state index in [-0.39, 0.29) is 18.1 Å². The highest BCUT2D eigenvalue weighted by Crippen LogP contribution is 2.10. The van der Waals surface area contributed by atoms with E-state index in [1.165, 1.54) is 11.3 Å². The van der Waals surface area contributed by atoms with Gasteiger partial charge in [0.25, 0.3) is 0 Å². The number of sulfonamides is 1. The van der Waals surface area contributed by atoms with Gasteiger partial charge in [-0.1, -0.05) is 20.3 Å². The molecule has 0 aliphatic rings. The fourth-order valence-corrected chi connectivity index (χ4v) is 3.89. The van der Waals surface area contributed by atoms with Gasteiger partial charge in [-0.3, -0.25) is 9.52 Å². The Hall–Kier alpha value is -0.950. The van der Waals surface area contributed by atoms with Crippen molar-refractivity contribution < 1.29 is 13.2 Å². The molecule has 0 spiro atoms. The quantitative estimate of drug-likeness (QED) is 0.834. The highest BCUT2D eigenvalue weighted by Gasteiger charge is 2.18. The molecule has 1 rings (SSSR count). The van der Waals surface area contributed by atoms with Crippen molar-refractivity contribution in [2.24, 2.45) is 5.92 Å². The number of amides is 1. The van der Waals surface area contributed by atoms with Crippen molar-refractivity contribution in [3.63, 3.8) is 0 Å². The van der Waals surface area contributed by atoms with E-state index in [1.54, 1.807) is 5.38 Å². The minimum atomic E-state index is -3.54. The van der Waals surface area contributed by atoms with Crippen molar-refractivity contribution in [1.29, 1.82) is 0 Å². The summed E-state index contributed by atoms with van der Waals surface area (Å²) in [6.45, 7) is 5.72. The fraction of sp³-hybridized carbons (Fsp3) is 0.667. The van der Waals surface area contributed by atoms with Gasteiger partial charge in [0.05, 0.1) is 22.9 Å². The molecule has 7 heteroatoms. The first-order valence-corrected chi connectivity index (χ1v) is 8.80. The van der Waals surface area contributed by atoms with Gasteiger partial charge in [0.15, 0.2) is 0 Å². The van der Waals surface area contributed by atoms with E-state index in [0.29, 0.717) is 5.69 Å². The number of nitrogens with zero attached hydrogens (tertiary/aromatic N) is 1. The van der Waals surface area contributed by atoms with Crippen LogP contribution in [0.2, 0.25) is 0 Å². The molecule has 1 atom stereocenters. The van der Waals surface area contributed by atoms with Gasteiger partial charge in [-0.2, -0.15) is 0 Å².